The summed E-state index contributed by atoms with van der Waals surface area (Å²) in [5, 5.41) is 6.47. The lowest BCUT2D eigenvalue weighted by molar-refractivity contribution is -0.120. The number of carbonyl (C=O) groups is 1. The van der Waals surface area contributed by atoms with Gasteiger partial charge >= 0.3 is 0 Å². The molecule has 3 rings (SSSR count). The summed E-state index contributed by atoms with van der Waals surface area (Å²) in [6.45, 7) is 5.08. The highest BCUT2D eigenvalue weighted by Gasteiger charge is 2.29. The first kappa shape index (κ1) is 20.4. The average molecular weight is 406 g/mol. The molecule has 2 aromatic heterocycles. The Morgan fingerprint density at radius 2 is 1.93 bits per heavy atom. The minimum absolute atomic E-state index is 0.141. The molecule has 0 saturated heterocycles. The zero-order valence-corrected chi connectivity index (χ0v) is 17.3. The number of nitrogens with one attached hydrogen (secondary N) is 1. The number of nitrogens with zero attached hydrogens (tertiary/aromatic N) is 4. The molecule has 1 atom stereocenters. The number of sulfone groups is 1. The van der Waals surface area contributed by atoms with Crippen molar-refractivity contribution in [3.63, 3.8) is 0 Å². The third-order valence-corrected chi connectivity index (χ3v) is 7.32. The van der Waals surface area contributed by atoms with E-state index in [1.807, 2.05) is 6.92 Å². The van der Waals surface area contributed by atoms with Gasteiger partial charge in [-0.15, -0.1) is 0 Å². The zero-order chi connectivity index (χ0) is 20.3. The number of carbonyl (C=O) groups excluding carboxylic acids is 1. The molecule has 0 aliphatic heterocycles. The second-order valence-corrected chi connectivity index (χ2v) is 10.2. The van der Waals surface area contributed by atoms with Crippen LogP contribution in [-0.4, -0.2) is 39.3 Å². The number of aromatic nitrogens is 4. The zero-order valence-electron chi connectivity index (χ0n) is 16.5. The Kier molecular flexibility index (Phi) is 6.12. The van der Waals surface area contributed by atoms with E-state index in [4.69, 9.17) is 0 Å². The fourth-order valence-corrected chi connectivity index (χ4v) is 4.47. The molecule has 0 spiro atoms. The van der Waals surface area contributed by atoms with Crippen molar-refractivity contribution in [1.29, 1.82) is 0 Å². The minimum atomic E-state index is -3.44. The van der Waals surface area contributed by atoms with Gasteiger partial charge in [-0.05, 0) is 33.1 Å². The van der Waals surface area contributed by atoms with E-state index >= 15 is 0 Å². The Hall–Kier alpha value is -2.29. The topological polar surface area (TPSA) is 107 Å². The number of hydrogen-bond donors (Lipinski definition) is 1. The van der Waals surface area contributed by atoms with Gasteiger partial charge in [0.2, 0.25) is 5.91 Å². The normalized spacial score (nSPS) is 16.4. The molecule has 152 valence electrons. The fourth-order valence-electron chi connectivity index (χ4n) is 3.47. The van der Waals surface area contributed by atoms with Crippen molar-refractivity contribution in [2.45, 2.75) is 69.1 Å². The lowest BCUT2D eigenvalue weighted by Crippen LogP contribution is -2.28. The molecule has 8 nitrogen and oxygen atoms in total. The third-order valence-electron chi connectivity index (χ3n) is 5.21. The third kappa shape index (κ3) is 4.57. The molecule has 1 aliphatic rings. The molecule has 1 amide bonds. The predicted molar refractivity (Wildman–Crippen MR) is 106 cm³/mol. The number of rotatable bonds is 7. The van der Waals surface area contributed by atoms with Gasteiger partial charge in [0.25, 0.3) is 0 Å². The number of hydrogen-bond acceptors (Lipinski definition) is 6. The Balaban J connectivity index is 1.85. The second kappa shape index (κ2) is 8.38. The van der Waals surface area contributed by atoms with Crippen molar-refractivity contribution in [2.24, 2.45) is 5.92 Å². The molecule has 9 heteroatoms. The molecule has 1 N–H and O–H groups in total. The van der Waals surface area contributed by atoms with Crippen molar-refractivity contribution in [3.8, 4) is 0 Å². The van der Waals surface area contributed by atoms with E-state index in [0.29, 0.717) is 18.2 Å². The van der Waals surface area contributed by atoms with E-state index in [2.05, 4.69) is 20.4 Å². The van der Waals surface area contributed by atoms with Crippen LogP contribution in [0.25, 0.3) is 0 Å². The summed E-state index contributed by atoms with van der Waals surface area (Å²) in [7, 11) is -3.44. The summed E-state index contributed by atoms with van der Waals surface area (Å²) >= 11 is 0. The summed E-state index contributed by atoms with van der Waals surface area (Å²) in [5.74, 6) is 0.532. The minimum Gasteiger partial charge on any atom is -0.308 e. The highest BCUT2D eigenvalue weighted by Crippen LogP contribution is 2.32. The highest BCUT2D eigenvalue weighted by molar-refractivity contribution is 7.92. The molecule has 0 bridgehead atoms. The molecule has 1 saturated carbocycles. The van der Waals surface area contributed by atoms with Crippen molar-refractivity contribution >= 4 is 21.6 Å². The number of anilines is 1. The van der Waals surface area contributed by atoms with Crippen molar-refractivity contribution in [2.75, 3.05) is 5.32 Å². The average Bonchev–Trinajstić information content (AvgIpc) is 3.33. The molecule has 0 unspecified atom stereocenters. The van der Waals surface area contributed by atoms with E-state index in [9.17, 15) is 13.2 Å². The molecular formula is C19H27N5O3S. The smallest absolute Gasteiger partial charge is 0.250 e. The lowest BCUT2D eigenvalue weighted by atomic mass is 9.98. The SMILES string of the molecule is Cc1cnc(NC(=O)[C@H](CC2CCCC2)n2cc(S(=O)(=O)C(C)C)cn2)cn1. The second-order valence-electron chi connectivity index (χ2n) is 7.68. The van der Waals surface area contributed by atoms with Crippen molar-refractivity contribution in [3.05, 3.63) is 30.5 Å². The molecule has 2 heterocycles. The van der Waals surface area contributed by atoms with E-state index in [0.717, 1.165) is 31.4 Å². The first-order valence-corrected chi connectivity index (χ1v) is 11.2. The molecular weight excluding hydrogens is 378 g/mol. The summed E-state index contributed by atoms with van der Waals surface area (Å²) in [5.41, 5.74) is 0.760. The Morgan fingerprint density at radius 3 is 2.54 bits per heavy atom. The number of amides is 1. The molecule has 1 aliphatic carbocycles. The van der Waals surface area contributed by atoms with Gasteiger partial charge in [0, 0.05) is 6.20 Å². The maximum atomic E-state index is 13.0. The number of aryl methyl sites for hydroxylation is 1. The summed E-state index contributed by atoms with van der Waals surface area (Å²) in [6, 6.07) is -0.595. The monoisotopic (exact) mass is 405 g/mol. The quantitative estimate of drug-likeness (QED) is 0.759. The Bertz CT molecular complexity index is 915. The molecule has 28 heavy (non-hydrogen) atoms. The van der Waals surface area contributed by atoms with Crippen LogP contribution >= 0.6 is 0 Å². The first-order chi connectivity index (χ1) is 13.3. The lowest BCUT2D eigenvalue weighted by Gasteiger charge is -2.20. The van der Waals surface area contributed by atoms with Crippen LogP contribution in [0.15, 0.2) is 29.7 Å². The van der Waals surface area contributed by atoms with Crippen LogP contribution in [0.3, 0.4) is 0 Å². The van der Waals surface area contributed by atoms with E-state index in [1.54, 1.807) is 20.0 Å². The van der Waals surface area contributed by atoms with Gasteiger partial charge in [-0.3, -0.25) is 14.5 Å². The Morgan fingerprint density at radius 1 is 1.21 bits per heavy atom. The Labute approximate surface area is 165 Å². The van der Waals surface area contributed by atoms with Gasteiger partial charge < -0.3 is 5.32 Å². The largest absolute Gasteiger partial charge is 0.308 e. The maximum absolute atomic E-state index is 13.0. The van der Waals surface area contributed by atoms with E-state index in [1.165, 1.54) is 23.3 Å². The van der Waals surface area contributed by atoms with E-state index in [-0.39, 0.29) is 10.8 Å². The van der Waals surface area contributed by atoms with Crippen LogP contribution in [0, 0.1) is 12.8 Å². The standard InChI is InChI=1S/C19H27N5O3S/c1-13(2)28(26,27)16-10-22-24(12-16)17(8-15-6-4-5-7-15)19(25)23-18-11-20-14(3)9-21-18/h9-13,15,17H,4-8H2,1-3H3,(H,21,23,25)/t17-/m0/s1. The predicted octanol–water partition coefficient (Wildman–Crippen LogP) is 2.92. The van der Waals surface area contributed by atoms with Crippen LogP contribution in [-0.2, 0) is 14.6 Å². The summed E-state index contributed by atoms with van der Waals surface area (Å²) in [4.78, 5) is 21.4. The van der Waals surface area contributed by atoms with Crippen LogP contribution in [0.5, 0.6) is 0 Å². The van der Waals surface area contributed by atoms with Crippen LogP contribution in [0.1, 0.15) is 57.7 Å². The van der Waals surface area contributed by atoms with Gasteiger partial charge in [-0.25, -0.2) is 13.4 Å². The molecule has 0 radical (unpaired) electrons. The van der Waals surface area contributed by atoms with Crippen LogP contribution in [0.2, 0.25) is 0 Å². The summed E-state index contributed by atoms with van der Waals surface area (Å²) < 4.78 is 26.3. The van der Waals surface area contributed by atoms with Gasteiger partial charge in [0.1, 0.15) is 10.9 Å². The van der Waals surface area contributed by atoms with Gasteiger partial charge in [0.15, 0.2) is 15.7 Å². The van der Waals surface area contributed by atoms with Crippen molar-refractivity contribution < 1.29 is 13.2 Å². The van der Waals surface area contributed by atoms with E-state index < -0.39 is 21.1 Å². The van der Waals surface area contributed by atoms with Gasteiger partial charge in [-0.2, -0.15) is 5.10 Å². The van der Waals surface area contributed by atoms with Gasteiger partial charge in [-0.1, -0.05) is 25.7 Å². The summed E-state index contributed by atoms with van der Waals surface area (Å²) in [6.07, 6.45) is 11.0. The molecule has 2 aromatic rings. The fraction of sp³-hybridized carbons (Fsp3) is 0.579. The van der Waals surface area contributed by atoms with Crippen LogP contribution in [0.4, 0.5) is 5.82 Å². The first-order valence-electron chi connectivity index (χ1n) is 9.65. The van der Waals surface area contributed by atoms with Crippen LogP contribution < -0.4 is 5.32 Å². The maximum Gasteiger partial charge on any atom is 0.250 e. The van der Waals surface area contributed by atoms with Gasteiger partial charge in [0.05, 0.1) is 29.5 Å². The molecule has 0 aromatic carbocycles. The molecule has 1 fully saturated rings. The van der Waals surface area contributed by atoms with Crippen molar-refractivity contribution in [1.82, 2.24) is 19.7 Å². The highest BCUT2D eigenvalue weighted by atomic mass is 32.2.